The number of carbonyl (C=O) groups excluding carboxylic acids is 2. The Kier molecular flexibility index (Phi) is 6.67. The van der Waals surface area contributed by atoms with Gasteiger partial charge in [-0.3, -0.25) is 9.59 Å². The number of carbonyl (C=O) groups is 2. The molecule has 1 atom stereocenters. The topological polar surface area (TPSA) is 49.4 Å². The fraction of sp³-hybridized carbons (Fsp3) is 0.167. The van der Waals surface area contributed by atoms with E-state index in [4.69, 9.17) is 11.6 Å². The number of nitrogens with one attached hydrogen (secondary N) is 1. The molecule has 1 aliphatic heterocycles. The van der Waals surface area contributed by atoms with E-state index in [1.54, 1.807) is 41.3 Å². The number of amides is 2. The number of halogens is 4. The van der Waals surface area contributed by atoms with Gasteiger partial charge in [-0.2, -0.15) is 13.2 Å². The van der Waals surface area contributed by atoms with Gasteiger partial charge in [-0.15, -0.1) is 11.8 Å². The van der Waals surface area contributed by atoms with Gasteiger partial charge in [-0.1, -0.05) is 41.9 Å². The summed E-state index contributed by atoms with van der Waals surface area (Å²) in [5.41, 5.74) is 1.34. The molecule has 3 aromatic carbocycles. The van der Waals surface area contributed by atoms with Crippen molar-refractivity contribution in [2.75, 3.05) is 11.1 Å². The molecule has 170 valence electrons. The quantitative estimate of drug-likeness (QED) is 0.451. The highest BCUT2D eigenvalue weighted by Gasteiger charge is 2.33. The van der Waals surface area contributed by atoms with E-state index in [-0.39, 0.29) is 17.0 Å². The molecule has 1 saturated heterocycles. The van der Waals surface area contributed by atoms with Crippen molar-refractivity contribution in [3.63, 3.8) is 0 Å². The van der Waals surface area contributed by atoms with Crippen LogP contribution in [0.5, 0.6) is 0 Å². The Morgan fingerprint density at radius 3 is 2.42 bits per heavy atom. The van der Waals surface area contributed by atoms with Gasteiger partial charge in [0.25, 0.3) is 5.91 Å². The number of anilines is 1. The molecule has 1 heterocycles. The van der Waals surface area contributed by atoms with E-state index in [0.29, 0.717) is 22.9 Å². The Labute approximate surface area is 197 Å². The normalized spacial score (nSPS) is 16.2. The summed E-state index contributed by atoms with van der Waals surface area (Å²) in [6.07, 6.45) is -4.49. The molecule has 2 amide bonds. The summed E-state index contributed by atoms with van der Waals surface area (Å²) in [6.45, 7) is 0.436. The largest absolute Gasteiger partial charge is 0.416 e. The third kappa shape index (κ3) is 5.51. The monoisotopic (exact) mass is 490 g/mol. The van der Waals surface area contributed by atoms with Gasteiger partial charge in [-0.05, 0) is 53.6 Å². The lowest BCUT2D eigenvalue weighted by atomic mass is 10.1. The minimum Gasteiger partial charge on any atom is -0.322 e. The average molecular weight is 491 g/mol. The number of benzene rings is 3. The highest BCUT2D eigenvalue weighted by molar-refractivity contribution is 8.00. The molecule has 9 heteroatoms. The maximum atomic E-state index is 12.9. The Morgan fingerprint density at radius 1 is 1.06 bits per heavy atom. The molecule has 1 aliphatic rings. The number of hydrogen-bond acceptors (Lipinski definition) is 3. The van der Waals surface area contributed by atoms with Gasteiger partial charge >= 0.3 is 6.18 Å². The van der Waals surface area contributed by atoms with Gasteiger partial charge in [0.15, 0.2) is 0 Å². The van der Waals surface area contributed by atoms with Crippen LogP contribution in [-0.4, -0.2) is 22.5 Å². The van der Waals surface area contributed by atoms with E-state index in [9.17, 15) is 22.8 Å². The van der Waals surface area contributed by atoms with E-state index in [1.165, 1.54) is 23.9 Å². The fourth-order valence-corrected chi connectivity index (χ4v) is 4.78. The van der Waals surface area contributed by atoms with Crippen molar-refractivity contribution in [2.24, 2.45) is 0 Å². The molecule has 4 nitrogen and oxygen atoms in total. The molecule has 33 heavy (non-hydrogen) atoms. The maximum absolute atomic E-state index is 12.9. The lowest BCUT2D eigenvalue weighted by Crippen LogP contribution is -2.27. The maximum Gasteiger partial charge on any atom is 0.416 e. The summed E-state index contributed by atoms with van der Waals surface area (Å²) in [5, 5.41) is 2.91. The zero-order valence-corrected chi connectivity index (χ0v) is 18.7. The second kappa shape index (κ2) is 9.49. The number of thioether (sulfide) groups is 1. The first-order valence-electron chi connectivity index (χ1n) is 9.95. The highest BCUT2D eigenvalue weighted by atomic mass is 35.5. The molecule has 0 unspecified atom stereocenters. The van der Waals surface area contributed by atoms with Crippen LogP contribution in [0.25, 0.3) is 0 Å². The highest BCUT2D eigenvalue weighted by Crippen LogP contribution is 2.39. The van der Waals surface area contributed by atoms with Gasteiger partial charge in [0, 0.05) is 22.8 Å². The predicted octanol–water partition coefficient (Wildman–Crippen LogP) is 6.39. The molecule has 0 aromatic heterocycles. The van der Waals surface area contributed by atoms with Crippen molar-refractivity contribution in [3.05, 3.63) is 100 Å². The molecular formula is C24H18ClF3N2O2S. The molecule has 1 N–H and O–H groups in total. The van der Waals surface area contributed by atoms with Gasteiger partial charge in [-0.25, -0.2) is 0 Å². The van der Waals surface area contributed by atoms with Crippen LogP contribution in [0, 0.1) is 0 Å². The number of hydrogen-bond donors (Lipinski definition) is 1. The second-order valence-electron chi connectivity index (χ2n) is 7.47. The third-order valence-corrected chi connectivity index (χ3v) is 6.65. The van der Waals surface area contributed by atoms with Crippen molar-refractivity contribution in [2.45, 2.75) is 18.1 Å². The molecule has 0 spiro atoms. The summed E-state index contributed by atoms with van der Waals surface area (Å²) in [7, 11) is 0. The predicted molar refractivity (Wildman–Crippen MR) is 123 cm³/mol. The first-order chi connectivity index (χ1) is 15.7. The molecule has 0 bridgehead atoms. The van der Waals surface area contributed by atoms with Crippen molar-refractivity contribution in [1.29, 1.82) is 0 Å². The van der Waals surface area contributed by atoms with E-state index in [2.05, 4.69) is 5.32 Å². The van der Waals surface area contributed by atoms with Crippen LogP contribution < -0.4 is 5.32 Å². The summed E-state index contributed by atoms with van der Waals surface area (Å²) in [5.74, 6) is -0.142. The molecule has 1 fully saturated rings. The van der Waals surface area contributed by atoms with Gasteiger partial charge in [0.2, 0.25) is 5.91 Å². The molecule has 3 aromatic rings. The molecule has 0 saturated carbocycles. The zero-order chi connectivity index (χ0) is 23.6. The van der Waals surface area contributed by atoms with E-state index < -0.39 is 17.6 Å². The van der Waals surface area contributed by atoms with Crippen LogP contribution in [0.1, 0.15) is 32.4 Å². The zero-order valence-electron chi connectivity index (χ0n) is 17.1. The second-order valence-corrected chi connectivity index (χ2v) is 8.97. The van der Waals surface area contributed by atoms with Crippen LogP contribution >= 0.6 is 23.4 Å². The smallest absolute Gasteiger partial charge is 0.322 e. The first-order valence-corrected chi connectivity index (χ1v) is 11.4. The standard InChI is InChI=1S/C24H18ClF3N2O2S/c25-19-10-4-15(5-11-19)13-30-21(31)14-33-23(30)17-8-6-16(7-9-17)22(32)29-20-3-1-2-18(12-20)24(26,27)28/h1-12,23H,13-14H2,(H,29,32)/t23-/m1/s1. The summed E-state index contributed by atoms with van der Waals surface area (Å²) >= 11 is 7.43. The van der Waals surface area contributed by atoms with Crippen LogP contribution in [0.15, 0.2) is 72.8 Å². The molecule has 4 rings (SSSR count). The summed E-state index contributed by atoms with van der Waals surface area (Å²) in [4.78, 5) is 26.7. The lowest BCUT2D eigenvalue weighted by Gasteiger charge is -2.24. The first kappa shape index (κ1) is 23.2. The van der Waals surface area contributed by atoms with Crippen molar-refractivity contribution in [1.82, 2.24) is 4.90 Å². The Bertz CT molecular complexity index is 1170. The van der Waals surface area contributed by atoms with E-state index >= 15 is 0 Å². The summed E-state index contributed by atoms with van der Waals surface area (Å²) in [6, 6.07) is 18.5. The SMILES string of the molecule is O=C(Nc1cccc(C(F)(F)F)c1)c1ccc([C@H]2SCC(=O)N2Cc2ccc(Cl)cc2)cc1. The average Bonchev–Trinajstić information content (AvgIpc) is 3.15. The Hall–Kier alpha value is -2.97. The molecule has 0 aliphatic carbocycles. The third-order valence-electron chi connectivity index (χ3n) is 5.14. The van der Waals surface area contributed by atoms with E-state index in [0.717, 1.165) is 23.3 Å². The number of rotatable bonds is 5. The minimum absolute atomic E-state index is 0.0197. The van der Waals surface area contributed by atoms with Crippen LogP contribution in [-0.2, 0) is 17.5 Å². The number of alkyl halides is 3. The Morgan fingerprint density at radius 2 is 1.76 bits per heavy atom. The Balaban J connectivity index is 1.46. The van der Waals surface area contributed by atoms with Crippen molar-refractivity contribution < 1.29 is 22.8 Å². The number of nitrogens with zero attached hydrogens (tertiary/aromatic N) is 1. The van der Waals surface area contributed by atoms with Gasteiger partial charge in [0.05, 0.1) is 11.3 Å². The van der Waals surface area contributed by atoms with Gasteiger partial charge in [0.1, 0.15) is 5.37 Å². The molecule has 0 radical (unpaired) electrons. The van der Waals surface area contributed by atoms with Crippen molar-refractivity contribution >= 4 is 40.9 Å². The van der Waals surface area contributed by atoms with E-state index in [1.807, 2.05) is 12.1 Å². The lowest BCUT2D eigenvalue weighted by molar-refractivity contribution is -0.137. The van der Waals surface area contributed by atoms with Crippen molar-refractivity contribution in [3.8, 4) is 0 Å². The van der Waals surface area contributed by atoms with Crippen LogP contribution in [0.3, 0.4) is 0 Å². The fourth-order valence-electron chi connectivity index (χ4n) is 3.46. The van der Waals surface area contributed by atoms with Crippen LogP contribution in [0.4, 0.5) is 18.9 Å². The summed E-state index contributed by atoms with van der Waals surface area (Å²) < 4.78 is 38.7. The van der Waals surface area contributed by atoms with Gasteiger partial charge < -0.3 is 10.2 Å². The van der Waals surface area contributed by atoms with Crippen LogP contribution in [0.2, 0.25) is 5.02 Å². The minimum atomic E-state index is -4.49. The molecular weight excluding hydrogens is 473 g/mol.